The standard InChI is InChI=1S/C19H23ClN2O5S/c1-10-9-13(23)14(17(24)22(10)18(25)27-19(2,3)4)16(28)21-12-8-6-7-11(20)15(12)26-5/h6-8,10,23H,9H2,1-5H3,(H,21,28)/t10-/m0/s1. The summed E-state index contributed by atoms with van der Waals surface area (Å²) >= 11 is 11.4. The molecule has 2 amide bonds. The Morgan fingerprint density at radius 3 is 2.61 bits per heavy atom. The lowest BCUT2D eigenvalue weighted by molar-refractivity contribution is -0.128. The lowest BCUT2D eigenvalue weighted by Crippen LogP contribution is -2.50. The normalized spacial score (nSPS) is 17.4. The van der Waals surface area contributed by atoms with E-state index in [1.807, 2.05) is 0 Å². The predicted molar refractivity (Wildman–Crippen MR) is 111 cm³/mol. The van der Waals surface area contributed by atoms with E-state index in [1.165, 1.54) is 7.11 Å². The topological polar surface area (TPSA) is 88.1 Å². The van der Waals surface area contributed by atoms with Gasteiger partial charge in [0.2, 0.25) is 0 Å². The number of aliphatic hydroxyl groups excluding tert-OH is 1. The van der Waals surface area contributed by atoms with Crippen LogP contribution < -0.4 is 10.1 Å². The number of hydrogen-bond acceptors (Lipinski definition) is 6. The van der Waals surface area contributed by atoms with Crippen molar-refractivity contribution in [1.82, 2.24) is 4.90 Å². The maximum Gasteiger partial charge on any atom is 0.417 e. The number of ether oxygens (including phenoxy) is 2. The third-order valence-electron chi connectivity index (χ3n) is 3.89. The highest BCUT2D eigenvalue weighted by Crippen LogP contribution is 2.34. The molecule has 152 valence electrons. The van der Waals surface area contributed by atoms with Crippen molar-refractivity contribution in [3.8, 4) is 5.75 Å². The minimum Gasteiger partial charge on any atom is -0.511 e. The third kappa shape index (κ3) is 4.74. The highest BCUT2D eigenvalue weighted by molar-refractivity contribution is 7.81. The van der Waals surface area contributed by atoms with Crippen LogP contribution in [0, 0.1) is 0 Å². The molecule has 1 aliphatic rings. The van der Waals surface area contributed by atoms with Crippen LogP contribution in [-0.4, -0.2) is 45.7 Å². The Balaban J connectivity index is 2.32. The summed E-state index contributed by atoms with van der Waals surface area (Å²) in [5, 5.41) is 13.6. The molecule has 2 N–H and O–H groups in total. The zero-order chi connectivity index (χ0) is 21.2. The molecule has 2 rings (SSSR count). The first-order valence-electron chi connectivity index (χ1n) is 8.58. The lowest BCUT2D eigenvalue weighted by atomic mass is 10.0. The molecule has 0 radical (unpaired) electrons. The van der Waals surface area contributed by atoms with E-state index < -0.39 is 23.6 Å². The zero-order valence-electron chi connectivity index (χ0n) is 16.3. The molecule has 1 atom stereocenters. The fourth-order valence-corrected chi connectivity index (χ4v) is 3.29. The average Bonchev–Trinajstić information content (AvgIpc) is 2.52. The van der Waals surface area contributed by atoms with E-state index >= 15 is 0 Å². The summed E-state index contributed by atoms with van der Waals surface area (Å²) in [5.74, 6) is -0.591. The Bertz CT molecular complexity index is 847. The fraction of sp³-hybridized carbons (Fsp3) is 0.421. The van der Waals surface area contributed by atoms with Crippen LogP contribution in [0.4, 0.5) is 10.5 Å². The van der Waals surface area contributed by atoms with Gasteiger partial charge in [-0.2, -0.15) is 0 Å². The molecule has 1 heterocycles. The van der Waals surface area contributed by atoms with Gasteiger partial charge in [-0.15, -0.1) is 0 Å². The van der Waals surface area contributed by atoms with Crippen LogP contribution in [0.3, 0.4) is 0 Å². The number of carbonyl (C=O) groups excluding carboxylic acids is 2. The molecule has 7 nitrogen and oxygen atoms in total. The second-order valence-electron chi connectivity index (χ2n) is 7.31. The summed E-state index contributed by atoms with van der Waals surface area (Å²) in [6.07, 6.45) is -0.729. The summed E-state index contributed by atoms with van der Waals surface area (Å²) in [5.41, 5.74) is -0.510. The Morgan fingerprint density at radius 1 is 1.39 bits per heavy atom. The smallest absolute Gasteiger partial charge is 0.417 e. The van der Waals surface area contributed by atoms with Crippen LogP contribution in [0.25, 0.3) is 0 Å². The van der Waals surface area contributed by atoms with Crippen LogP contribution in [0.15, 0.2) is 29.5 Å². The van der Waals surface area contributed by atoms with Crippen molar-refractivity contribution >= 4 is 46.5 Å². The van der Waals surface area contributed by atoms with E-state index in [-0.39, 0.29) is 22.7 Å². The molecule has 0 aliphatic carbocycles. The minimum atomic E-state index is -0.793. The summed E-state index contributed by atoms with van der Waals surface area (Å²) in [6, 6.07) is 4.41. The number of thiocarbonyl (C=S) groups is 1. The van der Waals surface area contributed by atoms with E-state index in [0.717, 1.165) is 4.90 Å². The van der Waals surface area contributed by atoms with Crippen molar-refractivity contribution in [1.29, 1.82) is 0 Å². The molecule has 1 aromatic rings. The van der Waals surface area contributed by atoms with Crippen LogP contribution in [0.2, 0.25) is 5.02 Å². The molecule has 28 heavy (non-hydrogen) atoms. The number of methoxy groups -OCH3 is 1. The highest BCUT2D eigenvalue weighted by Gasteiger charge is 2.40. The maximum atomic E-state index is 12.9. The molecule has 1 aliphatic heterocycles. The van der Waals surface area contributed by atoms with Gasteiger partial charge >= 0.3 is 6.09 Å². The number of benzene rings is 1. The Hall–Kier alpha value is -2.32. The van der Waals surface area contributed by atoms with Crippen molar-refractivity contribution < 1.29 is 24.2 Å². The fourth-order valence-electron chi connectivity index (χ4n) is 2.72. The Kier molecular flexibility index (Phi) is 6.56. The van der Waals surface area contributed by atoms with Crippen LogP contribution in [0.1, 0.15) is 34.1 Å². The molecule has 1 aromatic carbocycles. The number of nitrogens with one attached hydrogen (secondary N) is 1. The summed E-state index contributed by atoms with van der Waals surface area (Å²) < 4.78 is 10.6. The molecule has 0 spiro atoms. The van der Waals surface area contributed by atoms with Gasteiger partial charge in [0, 0.05) is 12.5 Å². The molecule has 0 unspecified atom stereocenters. The molecule has 0 fully saturated rings. The second kappa shape index (κ2) is 8.36. The number of anilines is 1. The second-order valence-corrected chi connectivity index (χ2v) is 8.12. The summed E-state index contributed by atoms with van der Waals surface area (Å²) in [4.78, 5) is 26.3. The first-order valence-corrected chi connectivity index (χ1v) is 9.37. The van der Waals surface area contributed by atoms with Gasteiger partial charge in [0.15, 0.2) is 5.75 Å². The van der Waals surface area contributed by atoms with E-state index in [9.17, 15) is 14.7 Å². The van der Waals surface area contributed by atoms with E-state index in [2.05, 4.69) is 5.32 Å². The zero-order valence-corrected chi connectivity index (χ0v) is 17.9. The number of amides is 2. The van der Waals surface area contributed by atoms with Crippen molar-refractivity contribution in [3.63, 3.8) is 0 Å². The van der Waals surface area contributed by atoms with Gasteiger partial charge in [-0.05, 0) is 39.8 Å². The molecule has 0 saturated heterocycles. The average molecular weight is 427 g/mol. The molecule has 0 saturated carbocycles. The predicted octanol–water partition coefficient (Wildman–Crippen LogP) is 4.46. The largest absolute Gasteiger partial charge is 0.511 e. The van der Waals surface area contributed by atoms with Crippen LogP contribution in [-0.2, 0) is 9.53 Å². The number of hydrogen-bond donors (Lipinski definition) is 2. The van der Waals surface area contributed by atoms with E-state index in [4.69, 9.17) is 33.3 Å². The van der Waals surface area contributed by atoms with Gasteiger partial charge in [0.05, 0.1) is 17.8 Å². The van der Waals surface area contributed by atoms with Crippen LogP contribution in [0.5, 0.6) is 5.75 Å². The first kappa shape index (κ1) is 22.0. The molecule has 0 bridgehead atoms. The van der Waals surface area contributed by atoms with Gasteiger partial charge < -0.3 is 19.9 Å². The number of carbonyl (C=O) groups is 2. The quantitative estimate of drug-likeness (QED) is 0.690. The van der Waals surface area contributed by atoms with Crippen LogP contribution >= 0.6 is 23.8 Å². The SMILES string of the molecule is COc1c(Cl)cccc1NC(=S)C1=C(O)C[C@H](C)N(C(=O)OC(C)(C)C)C1=O. The number of halogens is 1. The molecule has 9 heteroatoms. The van der Waals surface area contributed by atoms with Gasteiger partial charge in [0.1, 0.15) is 21.9 Å². The van der Waals surface area contributed by atoms with E-state index in [0.29, 0.717) is 16.5 Å². The Morgan fingerprint density at radius 2 is 2.04 bits per heavy atom. The van der Waals surface area contributed by atoms with Crippen molar-refractivity contribution in [2.45, 2.75) is 45.8 Å². The highest BCUT2D eigenvalue weighted by atomic mass is 35.5. The van der Waals surface area contributed by atoms with E-state index in [1.54, 1.807) is 45.9 Å². The number of aliphatic hydroxyl groups is 1. The first-order chi connectivity index (χ1) is 13.0. The number of nitrogens with zero attached hydrogens (tertiary/aromatic N) is 1. The molecular weight excluding hydrogens is 404 g/mol. The van der Waals surface area contributed by atoms with Crippen molar-refractivity contribution in [2.75, 3.05) is 12.4 Å². The summed E-state index contributed by atoms with van der Waals surface area (Å²) in [6.45, 7) is 6.76. The van der Waals surface area contributed by atoms with Crippen molar-refractivity contribution in [3.05, 3.63) is 34.6 Å². The third-order valence-corrected chi connectivity index (χ3v) is 4.49. The van der Waals surface area contributed by atoms with Gasteiger partial charge in [-0.25, -0.2) is 9.69 Å². The summed E-state index contributed by atoms with van der Waals surface area (Å²) in [7, 11) is 1.45. The lowest BCUT2D eigenvalue weighted by Gasteiger charge is -2.34. The van der Waals surface area contributed by atoms with Crippen molar-refractivity contribution in [2.24, 2.45) is 0 Å². The Labute approximate surface area is 174 Å². The monoisotopic (exact) mass is 426 g/mol. The number of para-hydroxylation sites is 1. The molecular formula is C19H23ClN2O5S. The number of imide groups is 1. The minimum absolute atomic E-state index is 0.0523. The van der Waals surface area contributed by atoms with Gasteiger partial charge in [-0.3, -0.25) is 4.79 Å². The molecule has 0 aromatic heterocycles. The van der Waals surface area contributed by atoms with Gasteiger partial charge in [0.25, 0.3) is 5.91 Å². The van der Waals surface area contributed by atoms with Gasteiger partial charge in [-0.1, -0.05) is 29.9 Å². The number of rotatable bonds is 3. The maximum absolute atomic E-state index is 12.9.